The summed E-state index contributed by atoms with van der Waals surface area (Å²) in [6.07, 6.45) is 1.90. The Morgan fingerprint density at radius 1 is 1.27 bits per heavy atom. The van der Waals surface area contributed by atoms with Gasteiger partial charge in [0.25, 0.3) is 0 Å². The molecule has 2 aromatic rings. The van der Waals surface area contributed by atoms with Gasteiger partial charge in [0.1, 0.15) is 11.8 Å². The molecule has 5 nitrogen and oxygen atoms in total. The summed E-state index contributed by atoms with van der Waals surface area (Å²) in [5.41, 5.74) is 9.97. The number of aryl methyl sites for hydroxylation is 1. The van der Waals surface area contributed by atoms with Gasteiger partial charge < -0.3 is 10.1 Å². The van der Waals surface area contributed by atoms with Gasteiger partial charge in [0.05, 0.1) is 13.2 Å². The van der Waals surface area contributed by atoms with E-state index in [-0.39, 0.29) is 23.9 Å². The third-order valence-corrected chi connectivity index (χ3v) is 5.74. The summed E-state index contributed by atoms with van der Waals surface area (Å²) in [5.74, 6) is 1.10. The molecule has 136 valence electrons. The predicted octanol–water partition coefficient (Wildman–Crippen LogP) is 2.74. The zero-order valence-electron chi connectivity index (χ0n) is 14.6. The number of fused-ring (bicyclic) bond motifs is 3. The van der Waals surface area contributed by atoms with Gasteiger partial charge >= 0.3 is 0 Å². The molecule has 3 N–H and O–H groups in total. The number of hydrogen-bond donors (Lipinski definition) is 3. The van der Waals surface area contributed by atoms with Crippen LogP contribution >= 0.6 is 11.6 Å². The van der Waals surface area contributed by atoms with E-state index in [9.17, 15) is 4.79 Å². The summed E-state index contributed by atoms with van der Waals surface area (Å²) in [6, 6.07) is 13.6. The van der Waals surface area contributed by atoms with Gasteiger partial charge in [-0.1, -0.05) is 35.9 Å². The minimum absolute atomic E-state index is 0.00174. The molecular weight excluding hydrogens is 350 g/mol. The summed E-state index contributed by atoms with van der Waals surface area (Å²) >= 11 is 6.17. The Bertz CT molecular complexity index is 826. The quantitative estimate of drug-likeness (QED) is 0.773. The number of amides is 1. The maximum absolute atomic E-state index is 12.7. The van der Waals surface area contributed by atoms with E-state index in [2.05, 4.69) is 28.3 Å². The van der Waals surface area contributed by atoms with Gasteiger partial charge in [-0.25, -0.2) is 10.9 Å². The fraction of sp³-hybridized carbons (Fsp3) is 0.350. The van der Waals surface area contributed by atoms with Crippen molar-refractivity contribution in [1.29, 1.82) is 0 Å². The highest BCUT2D eigenvalue weighted by atomic mass is 35.5. The molecule has 2 aromatic carbocycles. The van der Waals surface area contributed by atoms with Crippen LogP contribution in [0.2, 0.25) is 5.02 Å². The van der Waals surface area contributed by atoms with Crippen LogP contribution in [0.1, 0.15) is 29.2 Å². The second-order valence-corrected chi connectivity index (χ2v) is 7.23. The number of halogens is 1. The molecular formula is C20H22ClN3O2. The van der Waals surface area contributed by atoms with Crippen LogP contribution in [0.5, 0.6) is 5.75 Å². The Hall–Kier alpha value is -2.08. The van der Waals surface area contributed by atoms with Gasteiger partial charge in [-0.2, -0.15) is 0 Å². The van der Waals surface area contributed by atoms with Crippen LogP contribution in [-0.2, 0) is 17.8 Å². The number of rotatable bonds is 4. The van der Waals surface area contributed by atoms with Crippen molar-refractivity contribution in [3.63, 3.8) is 0 Å². The Labute approximate surface area is 158 Å². The number of carbonyl (C=O) groups excluding carboxylic acids is 1. The van der Waals surface area contributed by atoms with Gasteiger partial charge in [0.15, 0.2) is 0 Å². The van der Waals surface area contributed by atoms with E-state index in [1.54, 1.807) is 7.11 Å². The van der Waals surface area contributed by atoms with Crippen molar-refractivity contribution in [3.8, 4) is 5.75 Å². The van der Waals surface area contributed by atoms with Crippen LogP contribution in [0.3, 0.4) is 0 Å². The van der Waals surface area contributed by atoms with Gasteiger partial charge in [0.2, 0.25) is 5.91 Å². The second kappa shape index (κ2) is 7.27. The third-order valence-electron chi connectivity index (χ3n) is 5.38. The Morgan fingerprint density at radius 3 is 2.92 bits per heavy atom. The molecule has 0 spiro atoms. The van der Waals surface area contributed by atoms with Gasteiger partial charge in [-0.15, -0.1) is 0 Å². The van der Waals surface area contributed by atoms with E-state index >= 15 is 0 Å². The molecule has 1 aliphatic heterocycles. The van der Waals surface area contributed by atoms with Crippen molar-refractivity contribution in [3.05, 3.63) is 64.2 Å². The smallest absolute Gasteiger partial charge is 0.239 e. The lowest BCUT2D eigenvalue weighted by Gasteiger charge is -2.29. The minimum atomic E-state index is -0.252. The Morgan fingerprint density at radius 2 is 2.12 bits per heavy atom. The largest absolute Gasteiger partial charge is 0.497 e. The van der Waals surface area contributed by atoms with E-state index in [1.165, 1.54) is 11.1 Å². The molecule has 3 unspecified atom stereocenters. The van der Waals surface area contributed by atoms with Crippen molar-refractivity contribution in [1.82, 2.24) is 16.2 Å². The summed E-state index contributed by atoms with van der Waals surface area (Å²) in [4.78, 5) is 12.7. The average molecular weight is 372 g/mol. The number of benzene rings is 2. The topological polar surface area (TPSA) is 62.4 Å². The van der Waals surface area contributed by atoms with E-state index < -0.39 is 0 Å². The first-order chi connectivity index (χ1) is 12.7. The molecule has 0 saturated carbocycles. The van der Waals surface area contributed by atoms with Crippen molar-refractivity contribution in [2.45, 2.75) is 31.5 Å². The highest BCUT2D eigenvalue weighted by Crippen LogP contribution is 2.40. The molecule has 1 saturated heterocycles. The molecule has 26 heavy (non-hydrogen) atoms. The molecule has 6 heteroatoms. The lowest BCUT2D eigenvalue weighted by atomic mass is 9.77. The summed E-state index contributed by atoms with van der Waals surface area (Å²) in [5, 5.41) is 3.68. The molecule has 4 rings (SSSR count). The maximum Gasteiger partial charge on any atom is 0.239 e. The van der Waals surface area contributed by atoms with E-state index in [1.807, 2.05) is 30.3 Å². The van der Waals surface area contributed by atoms with Gasteiger partial charge in [-0.05, 0) is 47.7 Å². The third kappa shape index (κ3) is 3.18. The molecule has 1 amide bonds. The van der Waals surface area contributed by atoms with Crippen LogP contribution in [0, 0.1) is 5.92 Å². The fourth-order valence-corrected chi connectivity index (χ4v) is 4.18. The zero-order valence-corrected chi connectivity index (χ0v) is 15.3. The van der Waals surface area contributed by atoms with Gasteiger partial charge in [0, 0.05) is 17.5 Å². The number of hydrogen-bond acceptors (Lipinski definition) is 4. The summed E-state index contributed by atoms with van der Waals surface area (Å²) < 4.78 is 5.32. The molecule has 0 radical (unpaired) electrons. The Kier molecular flexibility index (Phi) is 4.85. The SMILES string of the molecule is COc1ccc2c(c1)CCC1C(C(=O)NCc3ccccc3Cl)NNC21. The molecule has 1 aliphatic carbocycles. The lowest BCUT2D eigenvalue weighted by Crippen LogP contribution is -2.45. The second-order valence-electron chi connectivity index (χ2n) is 6.82. The zero-order chi connectivity index (χ0) is 18.1. The van der Waals surface area contributed by atoms with Crippen LogP contribution in [-0.4, -0.2) is 19.1 Å². The molecule has 3 atom stereocenters. The molecule has 1 heterocycles. The van der Waals surface area contributed by atoms with Crippen molar-refractivity contribution in [2.75, 3.05) is 7.11 Å². The Balaban J connectivity index is 1.45. The van der Waals surface area contributed by atoms with Crippen LogP contribution in [0.4, 0.5) is 0 Å². The minimum Gasteiger partial charge on any atom is -0.497 e. The van der Waals surface area contributed by atoms with Crippen LogP contribution < -0.4 is 20.9 Å². The number of nitrogens with one attached hydrogen (secondary N) is 3. The number of carbonyl (C=O) groups is 1. The first kappa shape index (κ1) is 17.3. The van der Waals surface area contributed by atoms with Crippen molar-refractivity contribution in [2.24, 2.45) is 5.92 Å². The summed E-state index contributed by atoms with van der Waals surface area (Å²) in [7, 11) is 1.68. The normalized spacial score (nSPS) is 23.8. The molecule has 1 fully saturated rings. The van der Waals surface area contributed by atoms with Gasteiger partial charge in [-0.3, -0.25) is 4.79 Å². The molecule has 2 aliphatic rings. The van der Waals surface area contributed by atoms with Crippen LogP contribution in [0.15, 0.2) is 42.5 Å². The number of methoxy groups -OCH3 is 1. The highest BCUT2D eigenvalue weighted by Gasteiger charge is 2.43. The fourth-order valence-electron chi connectivity index (χ4n) is 3.97. The number of hydrazine groups is 1. The van der Waals surface area contributed by atoms with E-state index in [0.29, 0.717) is 11.6 Å². The highest BCUT2D eigenvalue weighted by molar-refractivity contribution is 6.31. The van der Waals surface area contributed by atoms with Crippen molar-refractivity contribution >= 4 is 17.5 Å². The average Bonchev–Trinajstić information content (AvgIpc) is 3.11. The lowest BCUT2D eigenvalue weighted by molar-refractivity contribution is -0.124. The van der Waals surface area contributed by atoms with E-state index in [4.69, 9.17) is 16.3 Å². The van der Waals surface area contributed by atoms with E-state index in [0.717, 1.165) is 24.2 Å². The summed E-state index contributed by atoms with van der Waals surface area (Å²) in [6.45, 7) is 0.432. The number of ether oxygens (including phenoxy) is 1. The molecule has 0 aromatic heterocycles. The predicted molar refractivity (Wildman–Crippen MR) is 101 cm³/mol. The first-order valence-corrected chi connectivity index (χ1v) is 9.24. The standard InChI is InChI=1S/C20H22ClN3O2/c1-26-14-7-9-15-12(10-14)6-8-16-18(15)23-24-19(16)20(25)22-11-13-4-2-3-5-17(13)21/h2-5,7,9-10,16,18-19,23-24H,6,8,11H2,1H3,(H,22,25). The molecule has 0 bridgehead atoms. The maximum atomic E-state index is 12.7. The first-order valence-electron chi connectivity index (χ1n) is 8.86. The van der Waals surface area contributed by atoms with Crippen LogP contribution in [0.25, 0.3) is 0 Å². The monoisotopic (exact) mass is 371 g/mol. The van der Waals surface area contributed by atoms with Crippen molar-refractivity contribution < 1.29 is 9.53 Å².